The van der Waals surface area contributed by atoms with Crippen LogP contribution >= 0.6 is 0 Å². The van der Waals surface area contributed by atoms with Crippen LogP contribution in [0.15, 0.2) is 30.3 Å². The summed E-state index contributed by atoms with van der Waals surface area (Å²) in [6.45, 7) is 3.65. The number of aliphatic hydroxyl groups is 1. The number of primary amides is 1. The van der Waals surface area contributed by atoms with E-state index in [1.165, 1.54) is 0 Å². The highest BCUT2D eigenvalue weighted by atomic mass is 16.3. The molecule has 1 fully saturated rings. The van der Waals surface area contributed by atoms with Crippen molar-refractivity contribution in [3.8, 4) is 0 Å². The Morgan fingerprint density at radius 2 is 1.95 bits per heavy atom. The second-order valence-corrected chi connectivity index (χ2v) is 5.56. The van der Waals surface area contributed by atoms with Gasteiger partial charge in [0.05, 0.1) is 12.1 Å². The van der Waals surface area contributed by atoms with Gasteiger partial charge in [-0.05, 0) is 43.8 Å². The number of hydrogen-bond acceptors (Lipinski definition) is 3. The van der Waals surface area contributed by atoms with Crippen LogP contribution in [-0.4, -0.2) is 35.0 Å². The maximum Gasteiger partial charge on any atom is 0.234 e. The summed E-state index contributed by atoms with van der Waals surface area (Å²) in [6, 6.07) is 9.63. The van der Waals surface area contributed by atoms with Gasteiger partial charge in [0.25, 0.3) is 0 Å². The molecule has 1 aliphatic rings. The van der Waals surface area contributed by atoms with Gasteiger partial charge < -0.3 is 10.8 Å². The van der Waals surface area contributed by atoms with E-state index in [2.05, 4.69) is 4.90 Å². The largest absolute Gasteiger partial charge is 0.388 e. The third-order valence-corrected chi connectivity index (χ3v) is 4.32. The van der Waals surface area contributed by atoms with Crippen LogP contribution in [0.5, 0.6) is 0 Å². The molecule has 4 heteroatoms. The number of piperidine rings is 1. The lowest BCUT2D eigenvalue weighted by Crippen LogP contribution is -2.48. The lowest BCUT2D eigenvalue weighted by molar-refractivity contribution is -0.124. The fourth-order valence-electron chi connectivity index (χ4n) is 3.11. The van der Waals surface area contributed by atoms with Crippen molar-refractivity contribution in [3.05, 3.63) is 35.9 Å². The fraction of sp³-hybridized carbons (Fsp3) is 0.562. The third-order valence-electron chi connectivity index (χ3n) is 4.32. The van der Waals surface area contributed by atoms with E-state index in [0.717, 1.165) is 37.9 Å². The van der Waals surface area contributed by atoms with Crippen LogP contribution in [0.1, 0.15) is 37.9 Å². The maximum absolute atomic E-state index is 11.4. The molecular weight excluding hydrogens is 252 g/mol. The van der Waals surface area contributed by atoms with Crippen molar-refractivity contribution < 1.29 is 9.90 Å². The number of likely N-dealkylation sites (tertiary alicyclic amines) is 1. The Balaban J connectivity index is 1.93. The molecule has 0 aromatic heterocycles. The average molecular weight is 276 g/mol. The smallest absolute Gasteiger partial charge is 0.234 e. The molecule has 110 valence electrons. The molecular formula is C16H24N2O2. The Kier molecular flexibility index (Phi) is 5.15. The van der Waals surface area contributed by atoms with E-state index in [1.807, 2.05) is 37.3 Å². The molecule has 0 aliphatic carbocycles. The summed E-state index contributed by atoms with van der Waals surface area (Å²) >= 11 is 0. The molecule has 1 aromatic carbocycles. The van der Waals surface area contributed by atoms with Crippen molar-refractivity contribution in [1.29, 1.82) is 0 Å². The number of amides is 1. The first-order chi connectivity index (χ1) is 9.63. The van der Waals surface area contributed by atoms with E-state index >= 15 is 0 Å². The zero-order valence-corrected chi connectivity index (χ0v) is 12.0. The summed E-state index contributed by atoms with van der Waals surface area (Å²) in [5.41, 5.74) is 6.41. The van der Waals surface area contributed by atoms with Crippen LogP contribution in [-0.2, 0) is 4.79 Å². The van der Waals surface area contributed by atoms with E-state index in [1.54, 1.807) is 0 Å². The van der Waals surface area contributed by atoms with Crippen molar-refractivity contribution in [2.75, 3.05) is 13.1 Å². The predicted molar refractivity (Wildman–Crippen MR) is 79.0 cm³/mol. The molecule has 0 bridgehead atoms. The first kappa shape index (κ1) is 15.0. The minimum atomic E-state index is -0.410. The van der Waals surface area contributed by atoms with Crippen molar-refractivity contribution >= 4 is 5.91 Å². The number of nitrogens with zero attached hydrogens (tertiary/aromatic N) is 1. The van der Waals surface area contributed by atoms with Crippen LogP contribution in [0.2, 0.25) is 0 Å². The minimum absolute atomic E-state index is 0.162. The molecule has 2 unspecified atom stereocenters. The number of hydrogen-bond donors (Lipinski definition) is 2. The zero-order valence-electron chi connectivity index (χ0n) is 12.0. The summed E-state index contributed by atoms with van der Waals surface area (Å²) in [7, 11) is 0. The highest BCUT2D eigenvalue weighted by Gasteiger charge is 2.30. The lowest BCUT2D eigenvalue weighted by atomic mass is 9.87. The molecule has 1 heterocycles. The lowest BCUT2D eigenvalue weighted by Gasteiger charge is -2.37. The molecule has 1 amide bonds. The second-order valence-electron chi connectivity index (χ2n) is 5.56. The zero-order chi connectivity index (χ0) is 14.5. The highest BCUT2D eigenvalue weighted by Crippen LogP contribution is 2.31. The summed E-state index contributed by atoms with van der Waals surface area (Å²) in [5, 5.41) is 10.4. The molecule has 2 atom stereocenters. The molecule has 0 saturated carbocycles. The van der Waals surface area contributed by atoms with Crippen molar-refractivity contribution in [1.82, 2.24) is 4.90 Å². The number of rotatable bonds is 5. The summed E-state index contributed by atoms with van der Waals surface area (Å²) in [4.78, 5) is 13.5. The number of carbonyl (C=O) groups is 1. The van der Waals surface area contributed by atoms with Gasteiger partial charge in [0.1, 0.15) is 0 Å². The highest BCUT2D eigenvalue weighted by molar-refractivity contribution is 5.79. The molecule has 4 nitrogen and oxygen atoms in total. The average Bonchev–Trinajstić information content (AvgIpc) is 2.48. The van der Waals surface area contributed by atoms with E-state index in [9.17, 15) is 9.90 Å². The van der Waals surface area contributed by atoms with Crippen molar-refractivity contribution in [2.45, 2.75) is 38.3 Å². The molecule has 1 aliphatic heterocycles. The van der Waals surface area contributed by atoms with Crippen LogP contribution in [0.4, 0.5) is 0 Å². The second kappa shape index (κ2) is 6.86. The van der Waals surface area contributed by atoms with Gasteiger partial charge in [0, 0.05) is 0 Å². The van der Waals surface area contributed by atoms with Crippen LogP contribution in [0, 0.1) is 5.92 Å². The van der Waals surface area contributed by atoms with Gasteiger partial charge in [-0.15, -0.1) is 0 Å². The number of aliphatic hydroxyl groups excluding tert-OH is 1. The SMILES string of the molecule is CCC(C(N)=O)N1CCC(C(O)c2ccccc2)CC1. The molecule has 20 heavy (non-hydrogen) atoms. The van der Waals surface area contributed by atoms with E-state index in [-0.39, 0.29) is 17.9 Å². The predicted octanol–water partition coefficient (Wildman–Crippen LogP) is 1.70. The van der Waals surface area contributed by atoms with Crippen molar-refractivity contribution in [3.63, 3.8) is 0 Å². The van der Waals surface area contributed by atoms with Gasteiger partial charge in [-0.25, -0.2) is 0 Å². The normalized spacial score (nSPS) is 20.5. The Morgan fingerprint density at radius 3 is 2.45 bits per heavy atom. The van der Waals surface area contributed by atoms with Crippen molar-refractivity contribution in [2.24, 2.45) is 11.7 Å². The van der Waals surface area contributed by atoms with Gasteiger partial charge in [-0.3, -0.25) is 9.69 Å². The molecule has 0 spiro atoms. The quantitative estimate of drug-likeness (QED) is 0.860. The van der Waals surface area contributed by atoms with E-state index < -0.39 is 6.10 Å². The number of carbonyl (C=O) groups excluding carboxylic acids is 1. The minimum Gasteiger partial charge on any atom is -0.388 e. The monoisotopic (exact) mass is 276 g/mol. The third kappa shape index (κ3) is 3.38. The van der Waals surface area contributed by atoms with Crippen LogP contribution in [0.3, 0.4) is 0 Å². The summed E-state index contributed by atoms with van der Waals surface area (Å²) < 4.78 is 0. The van der Waals surface area contributed by atoms with Gasteiger partial charge in [-0.2, -0.15) is 0 Å². The summed E-state index contributed by atoms with van der Waals surface area (Å²) in [5.74, 6) is 0.0218. The molecule has 0 radical (unpaired) electrons. The maximum atomic E-state index is 11.4. The van der Waals surface area contributed by atoms with Gasteiger partial charge in [0.2, 0.25) is 5.91 Å². The topological polar surface area (TPSA) is 66.6 Å². The first-order valence-electron chi connectivity index (χ1n) is 7.39. The Hall–Kier alpha value is -1.39. The van der Waals surface area contributed by atoms with E-state index in [0.29, 0.717) is 0 Å². The molecule has 1 aromatic rings. The molecule has 2 rings (SSSR count). The first-order valence-corrected chi connectivity index (χ1v) is 7.39. The molecule has 1 saturated heterocycles. The fourth-order valence-corrected chi connectivity index (χ4v) is 3.11. The van der Waals surface area contributed by atoms with Gasteiger partial charge in [-0.1, -0.05) is 37.3 Å². The van der Waals surface area contributed by atoms with Gasteiger partial charge >= 0.3 is 0 Å². The van der Waals surface area contributed by atoms with E-state index in [4.69, 9.17) is 5.73 Å². The Morgan fingerprint density at radius 1 is 1.35 bits per heavy atom. The van der Waals surface area contributed by atoms with Gasteiger partial charge in [0.15, 0.2) is 0 Å². The van der Waals surface area contributed by atoms with Crippen LogP contribution < -0.4 is 5.73 Å². The van der Waals surface area contributed by atoms with Crippen LogP contribution in [0.25, 0.3) is 0 Å². The number of nitrogens with two attached hydrogens (primary N) is 1. The Labute approximate surface area is 120 Å². The number of benzene rings is 1. The Bertz CT molecular complexity index is 427. The molecule has 3 N–H and O–H groups in total. The summed E-state index contributed by atoms with van der Waals surface area (Å²) in [6.07, 6.45) is 2.15. The standard InChI is InChI=1S/C16H24N2O2/c1-2-14(16(17)20)18-10-8-13(9-11-18)15(19)12-6-4-3-5-7-12/h3-7,13-15,19H,2,8-11H2,1H3,(H2,17,20).